The zero-order valence-electron chi connectivity index (χ0n) is 7.95. The van der Waals surface area contributed by atoms with Crippen LogP contribution in [-0.4, -0.2) is 13.3 Å². The minimum Gasteiger partial charge on any atom is -0.504 e. The highest BCUT2D eigenvalue weighted by molar-refractivity contribution is 5.05. The molecule has 0 rings (SSSR count). The standard InChI is InChI=1S/C9H15F3O/c1-3-4-5-6-8(7-13-2)9(10,11)12/h7H,3-6H2,1-2H3/b8-7-. The lowest BCUT2D eigenvalue weighted by atomic mass is 10.1. The minimum atomic E-state index is -4.25. The summed E-state index contributed by atoms with van der Waals surface area (Å²) in [6.45, 7) is 1.95. The van der Waals surface area contributed by atoms with Gasteiger partial charge < -0.3 is 4.74 Å². The average molecular weight is 196 g/mol. The summed E-state index contributed by atoms with van der Waals surface area (Å²) >= 11 is 0. The molecule has 0 aliphatic heterocycles. The Morgan fingerprint density at radius 3 is 2.31 bits per heavy atom. The van der Waals surface area contributed by atoms with E-state index < -0.39 is 11.7 Å². The van der Waals surface area contributed by atoms with Crippen LogP contribution in [0.1, 0.15) is 32.6 Å². The van der Waals surface area contributed by atoms with Crippen LogP contribution in [0, 0.1) is 0 Å². The Hall–Kier alpha value is -0.670. The summed E-state index contributed by atoms with van der Waals surface area (Å²) in [5.41, 5.74) is -0.580. The maximum Gasteiger partial charge on any atom is 0.415 e. The minimum absolute atomic E-state index is 0.0468. The number of methoxy groups -OCH3 is 1. The predicted octanol–water partition coefficient (Wildman–Crippen LogP) is 3.66. The molecule has 13 heavy (non-hydrogen) atoms. The predicted molar refractivity (Wildman–Crippen MR) is 45.3 cm³/mol. The highest BCUT2D eigenvalue weighted by Gasteiger charge is 2.33. The maximum absolute atomic E-state index is 12.2. The van der Waals surface area contributed by atoms with Crippen molar-refractivity contribution in [3.05, 3.63) is 11.8 Å². The second-order valence-corrected chi connectivity index (χ2v) is 2.83. The van der Waals surface area contributed by atoms with Crippen LogP contribution in [0.15, 0.2) is 11.8 Å². The zero-order valence-corrected chi connectivity index (χ0v) is 7.95. The van der Waals surface area contributed by atoms with Gasteiger partial charge in [0, 0.05) is 0 Å². The molecule has 0 radical (unpaired) electrons. The van der Waals surface area contributed by atoms with Crippen molar-refractivity contribution in [2.45, 2.75) is 38.8 Å². The first-order chi connectivity index (χ1) is 6.02. The smallest absolute Gasteiger partial charge is 0.415 e. The van der Waals surface area contributed by atoms with E-state index in [1.165, 1.54) is 7.11 Å². The molecule has 0 saturated heterocycles. The van der Waals surface area contributed by atoms with E-state index in [1.807, 2.05) is 6.92 Å². The van der Waals surface area contributed by atoms with Crippen LogP contribution in [0.5, 0.6) is 0 Å². The van der Waals surface area contributed by atoms with Crippen LogP contribution in [0.4, 0.5) is 13.2 Å². The first kappa shape index (κ1) is 12.3. The molecule has 0 amide bonds. The van der Waals surface area contributed by atoms with E-state index in [2.05, 4.69) is 4.74 Å². The summed E-state index contributed by atoms with van der Waals surface area (Å²) in [5.74, 6) is 0. The Bertz CT molecular complexity index is 161. The summed E-state index contributed by atoms with van der Waals surface area (Å²) in [5, 5.41) is 0. The summed E-state index contributed by atoms with van der Waals surface area (Å²) in [7, 11) is 1.23. The molecule has 0 aromatic carbocycles. The monoisotopic (exact) mass is 196 g/mol. The van der Waals surface area contributed by atoms with Gasteiger partial charge in [0.15, 0.2) is 0 Å². The van der Waals surface area contributed by atoms with Gasteiger partial charge in [-0.15, -0.1) is 0 Å². The SMILES string of the molecule is CCCCC/C(=C/OC)C(F)(F)F. The van der Waals surface area contributed by atoms with Crippen molar-refractivity contribution in [2.24, 2.45) is 0 Å². The molecule has 0 aromatic heterocycles. The van der Waals surface area contributed by atoms with Crippen LogP contribution in [0.3, 0.4) is 0 Å². The van der Waals surface area contributed by atoms with Crippen molar-refractivity contribution in [3.63, 3.8) is 0 Å². The first-order valence-corrected chi connectivity index (χ1v) is 4.31. The van der Waals surface area contributed by atoms with E-state index in [4.69, 9.17) is 0 Å². The lowest BCUT2D eigenvalue weighted by molar-refractivity contribution is -0.0961. The van der Waals surface area contributed by atoms with Crippen LogP contribution in [-0.2, 0) is 4.74 Å². The molecule has 0 heterocycles. The van der Waals surface area contributed by atoms with Crippen LogP contribution >= 0.6 is 0 Å². The molecule has 4 heteroatoms. The van der Waals surface area contributed by atoms with Crippen LogP contribution < -0.4 is 0 Å². The lowest BCUT2D eigenvalue weighted by Gasteiger charge is -2.10. The van der Waals surface area contributed by atoms with Gasteiger partial charge >= 0.3 is 6.18 Å². The molecule has 0 saturated carbocycles. The molecular formula is C9H15F3O. The molecule has 0 aliphatic rings. The number of unbranched alkanes of at least 4 members (excludes halogenated alkanes) is 2. The van der Waals surface area contributed by atoms with Crippen molar-refractivity contribution in [3.8, 4) is 0 Å². The second-order valence-electron chi connectivity index (χ2n) is 2.83. The molecule has 0 aromatic rings. The molecule has 0 bridgehead atoms. The van der Waals surface area contributed by atoms with Crippen molar-refractivity contribution in [2.75, 3.05) is 7.11 Å². The van der Waals surface area contributed by atoms with Gasteiger partial charge in [-0.05, 0) is 12.8 Å². The summed E-state index contributed by atoms with van der Waals surface area (Å²) in [4.78, 5) is 0. The molecule has 0 atom stereocenters. The largest absolute Gasteiger partial charge is 0.504 e. The summed E-state index contributed by atoms with van der Waals surface area (Å²) < 4.78 is 40.9. The molecule has 0 N–H and O–H groups in total. The van der Waals surface area contributed by atoms with Crippen LogP contribution in [0.2, 0.25) is 0 Å². The topological polar surface area (TPSA) is 9.23 Å². The van der Waals surface area contributed by atoms with Gasteiger partial charge in [0.25, 0.3) is 0 Å². The third kappa shape index (κ3) is 5.55. The molecular weight excluding hydrogens is 181 g/mol. The van der Waals surface area contributed by atoms with Gasteiger partial charge in [0.1, 0.15) is 0 Å². The molecule has 0 spiro atoms. The number of allylic oxidation sites excluding steroid dienone is 1. The third-order valence-corrected chi connectivity index (χ3v) is 1.67. The van der Waals surface area contributed by atoms with E-state index in [0.717, 1.165) is 19.1 Å². The number of rotatable bonds is 5. The van der Waals surface area contributed by atoms with E-state index in [1.54, 1.807) is 0 Å². The van der Waals surface area contributed by atoms with Crippen molar-refractivity contribution in [1.82, 2.24) is 0 Å². The van der Waals surface area contributed by atoms with Crippen LogP contribution in [0.25, 0.3) is 0 Å². The summed E-state index contributed by atoms with van der Waals surface area (Å²) in [6.07, 6.45) is -1.12. The Labute approximate surface area is 76.6 Å². The lowest BCUT2D eigenvalue weighted by Crippen LogP contribution is -2.12. The maximum atomic E-state index is 12.2. The molecule has 0 unspecified atom stereocenters. The average Bonchev–Trinajstić information content (AvgIpc) is 2.01. The third-order valence-electron chi connectivity index (χ3n) is 1.67. The molecule has 78 valence electrons. The number of halogens is 3. The Morgan fingerprint density at radius 1 is 1.31 bits per heavy atom. The Balaban J connectivity index is 4.05. The van der Waals surface area contributed by atoms with Crippen molar-refractivity contribution < 1.29 is 17.9 Å². The summed E-state index contributed by atoms with van der Waals surface area (Å²) in [6, 6.07) is 0. The first-order valence-electron chi connectivity index (χ1n) is 4.31. The molecule has 1 nitrogen and oxygen atoms in total. The van der Waals surface area contributed by atoms with Gasteiger partial charge in [-0.2, -0.15) is 13.2 Å². The van der Waals surface area contributed by atoms with E-state index >= 15 is 0 Å². The molecule has 0 fully saturated rings. The number of ether oxygens (including phenoxy) is 1. The Kier molecular flexibility index (Phi) is 5.58. The fourth-order valence-corrected chi connectivity index (χ4v) is 0.975. The zero-order chi connectivity index (χ0) is 10.3. The highest BCUT2D eigenvalue weighted by Crippen LogP contribution is 2.29. The van der Waals surface area contributed by atoms with E-state index in [-0.39, 0.29) is 6.42 Å². The quantitative estimate of drug-likeness (QED) is 0.481. The van der Waals surface area contributed by atoms with Gasteiger partial charge in [0.05, 0.1) is 18.9 Å². The fourth-order valence-electron chi connectivity index (χ4n) is 0.975. The van der Waals surface area contributed by atoms with Gasteiger partial charge in [0.2, 0.25) is 0 Å². The second kappa shape index (κ2) is 5.89. The van der Waals surface area contributed by atoms with Crippen molar-refractivity contribution >= 4 is 0 Å². The normalized spacial score (nSPS) is 13.2. The number of alkyl halides is 3. The fraction of sp³-hybridized carbons (Fsp3) is 0.778. The Morgan fingerprint density at radius 2 is 1.92 bits per heavy atom. The highest BCUT2D eigenvalue weighted by atomic mass is 19.4. The van der Waals surface area contributed by atoms with E-state index in [9.17, 15) is 13.2 Å². The number of hydrogen-bond acceptors (Lipinski definition) is 1. The van der Waals surface area contributed by atoms with Gasteiger partial charge in [-0.25, -0.2) is 0 Å². The van der Waals surface area contributed by atoms with Gasteiger partial charge in [-0.3, -0.25) is 0 Å². The van der Waals surface area contributed by atoms with E-state index in [0.29, 0.717) is 6.42 Å². The molecule has 0 aliphatic carbocycles. The van der Waals surface area contributed by atoms with Crippen molar-refractivity contribution in [1.29, 1.82) is 0 Å². The van der Waals surface area contributed by atoms with Gasteiger partial charge in [-0.1, -0.05) is 19.8 Å². The number of hydrogen-bond donors (Lipinski definition) is 0.